The summed E-state index contributed by atoms with van der Waals surface area (Å²) in [6.45, 7) is 3.56. The average molecular weight is 411 g/mol. The molecule has 0 fully saturated rings. The Morgan fingerprint density at radius 3 is 2.59 bits per heavy atom. The van der Waals surface area contributed by atoms with E-state index in [-0.39, 0.29) is 5.91 Å². The minimum atomic E-state index is -0.608. The zero-order chi connectivity index (χ0) is 20.6. The van der Waals surface area contributed by atoms with Gasteiger partial charge in [0.05, 0.1) is 6.54 Å². The summed E-state index contributed by atoms with van der Waals surface area (Å²) in [6, 6.07) is 17.5. The van der Waals surface area contributed by atoms with Crippen molar-refractivity contribution in [2.75, 3.05) is 20.1 Å². The second-order valence-electron chi connectivity index (χ2n) is 6.55. The molecule has 0 saturated carbocycles. The molecule has 1 atom stereocenters. The number of carbonyl (C=O) groups excluding carboxylic acids is 1. The van der Waals surface area contributed by atoms with Crippen LogP contribution in [0, 0.1) is 0 Å². The minimum Gasteiger partial charge on any atom is -0.386 e. The predicted octanol–water partition coefficient (Wildman–Crippen LogP) is 3.05. The van der Waals surface area contributed by atoms with Crippen molar-refractivity contribution in [2.24, 2.45) is 4.99 Å². The fourth-order valence-corrected chi connectivity index (χ4v) is 3.93. The molecule has 29 heavy (non-hydrogen) atoms. The zero-order valence-electron chi connectivity index (χ0n) is 16.6. The minimum absolute atomic E-state index is 0.106. The highest BCUT2D eigenvalue weighted by Gasteiger charge is 2.12. The van der Waals surface area contributed by atoms with Gasteiger partial charge in [0, 0.05) is 35.3 Å². The van der Waals surface area contributed by atoms with E-state index >= 15 is 0 Å². The Morgan fingerprint density at radius 1 is 1.14 bits per heavy atom. The third-order valence-electron chi connectivity index (χ3n) is 4.44. The molecule has 0 aliphatic heterocycles. The molecular weight excluding hydrogens is 384 g/mol. The smallest absolute Gasteiger partial charge is 0.251 e. The number of hydrogen-bond donors (Lipinski definition) is 4. The number of fused-ring (bicyclic) bond motifs is 1. The van der Waals surface area contributed by atoms with Gasteiger partial charge in [-0.3, -0.25) is 4.79 Å². The van der Waals surface area contributed by atoms with Crippen LogP contribution in [0.1, 0.15) is 33.8 Å². The molecular formula is C22H26N4O2S. The van der Waals surface area contributed by atoms with Crippen molar-refractivity contribution in [3.05, 3.63) is 70.6 Å². The van der Waals surface area contributed by atoms with Crippen molar-refractivity contribution in [2.45, 2.75) is 19.6 Å². The molecule has 3 rings (SSSR count). The normalized spacial score (nSPS) is 12.6. The Hall–Kier alpha value is -2.90. The van der Waals surface area contributed by atoms with Crippen LogP contribution in [0.2, 0.25) is 0 Å². The summed E-state index contributed by atoms with van der Waals surface area (Å²) >= 11 is 1.60. The Balaban J connectivity index is 1.60. The number of nitrogens with one attached hydrogen (secondary N) is 3. The van der Waals surface area contributed by atoms with Crippen LogP contribution in [0.15, 0.2) is 59.6 Å². The molecule has 0 radical (unpaired) electrons. The van der Waals surface area contributed by atoms with Gasteiger partial charge in [0.15, 0.2) is 5.96 Å². The highest BCUT2D eigenvalue weighted by molar-refractivity contribution is 7.19. The summed E-state index contributed by atoms with van der Waals surface area (Å²) in [6.07, 6.45) is -0.608. The second kappa shape index (κ2) is 10.0. The summed E-state index contributed by atoms with van der Waals surface area (Å²) in [4.78, 5) is 17.1. The van der Waals surface area contributed by atoms with E-state index in [4.69, 9.17) is 0 Å². The van der Waals surface area contributed by atoms with Crippen LogP contribution in [-0.4, -0.2) is 37.1 Å². The monoisotopic (exact) mass is 410 g/mol. The predicted molar refractivity (Wildman–Crippen MR) is 119 cm³/mol. The molecule has 3 aromatic rings. The van der Waals surface area contributed by atoms with E-state index in [1.54, 1.807) is 30.5 Å². The number of amides is 1. The number of hydrogen-bond acceptors (Lipinski definition) is 4. The van der Waals surface area contributed by atoms with E-state index in [0.29, 0.717) is 24.6 Å². The fraction of sp³-hybridized carbons (Fsp3) is 0.273. The maximum Gasteiger partial charge on any atom is 0.251 e. The second-order valence-corrected chi connectivity index (χ2v) is 7.67. The van der Waals surface area contributed by atoms with E-state index in [1.165, 1.54) is 4.70 Å². The molecule has 0 aliphatic rings. The maximum absolute atomic E-state index is 11.6. The zero-order valence-corrected chi connectivity index (χ0v) is 17.4. The molecule has 4 N–H and O–H groups in total. The first kappa shape index (κ1) is 20.8. The molecule has 152 valence electrons. The van der Waals surface area contributed by atoms with Gasteiger partial charge in [0.2, 0.25) is 0 Å². The third kappa shape index (κ3) is 5.56. The van der Waals surface area contributed by atoms with Crippen LogP contribution in [0.25, 0.3) is 10.1 Å². The van der Waals surface area contributed by atoms with Crippen LogP contribution in [0.5, 0.6) is 0 Å². The lowest BCUT2D eigenvalue weighted by Crippen LogP contribution is -2.39. The van der Waals surface area contributed by atoms with Crippen LogP contribution >= 0.6 is 11.3 Å². The molecule has 1 heterocycles. The van der Waals surface area contributed by atoms with Crippen molar-refractivity contribution in [3.8, 4) is 0 Å². The van der Waals surface area contributed by atoms with Gasteiger partial charge in [-0.15, -0.1) is 11.3 Å². The van der Waals surface area contributed by atoms with E-state index in [0.717, 1.165) is 22.4 Å². The topological polar surface area (TPSA) is 85.8 Å². The third-order valence-corrected chi connectivity index (χ3v) is 5.66. The number of rotatable bonds is 7. The molecule has 0 saturated heterocycles. The Kier molecular flexibility index (Phi) is 7.21. The van der Waals surface area contributed by atoms with E-state index in [2.05, 4.69) is 33.1 Å². The largest absolute Gasteiger partial charge is 0.386 e. The fourth-order valence-electron chi connectivity index (χ4n) is 2.88. The molecule has 0 bridgehead atoms. The molecule has 1 unspecified atom stereocenters. The summed E-state index contributed by atoms with van der Waals surface area (Å²) in [5.41, 5.74) is 1.62. The Morgan fingerprint density at radius 2 is 1.90 bits per heavy atom. The van der Waals surface area contributed by atoms with Gasteiger partial charge in [0.1, 0.15) is 6.10 Å². The van der Waals surface area contributed by atoms with Crippen molar-refractivity contribution in [1.82, 2.24) is 16.0 Å². The van der Waals surface area contributed by atoms with Crippen molar-refractivity contribution in [3.63, 3.8) is 0 Å². The Labute approximate surface area is 174 Å². The summed E-state index contributed by atoms with van der Waals surface area (Å²) in [5, 5.41) is 20.7. The number of aliphatic imine (C=N–C) groups is 1. The number of thiophene rings is 1. The number of guanidine groups is 1. The number of aliphatic hydroxyl groups is 1. The van der Waals surface area contributed by atoms with Gasteiger partial charge < -0.3 is 21.1 Å². The summed E-state index contributed by atoms with van der Waals surface area (Å²) < 4.78 is 1.17. The van der Waals surface area contributed by atoms with Crippen molar-refractivity contribution in [1.29, 1.82) is 0 Å². The molecule has 6 nitrogen and oxygen atoms in total. The van der Waals surface area contributed by atoms with Crippen LogP contribution in [-0.2, 0) is 6.54 Å². The van der Waals surface area contributed by atoms with Gasteiger partial charge in [-0.05, 0) is 42.1 Å². The number of nitrogens with zero attached hydrogens (tertiary/aromatic N) is 1. The van der Waals surface area contributed by atoms with Crippen molar-refractivity contribution < 1.29 is 9.90 Å². The average Bonchev–Trinajstić information content (AvgIpc) is 3.19. The quantitative estimate of drug-likeness (QED) is 0.356. The van der Waals surface area contributed by atoms with Crippen LogP contribution in [0.3, 0.4) is 0 Å². The summed E-state index contributed by atoms with van der Waals surface area (Å²) in [5.74, 6) is 0.535. The lowest BCUT2D eigenvalue weighted by atomic mass is 10.1. The van der Waals surface area contributed by atoms with E-state index in [1.807, 2.05) is 37.3 Å². The number of benzene rings is 2. The highest BCUT2D eigenvalue weighted by Crippen LogP contribution is 2.29. The number of aliphatic hydroxyl groups excluding tert-OH is 1. The standard InChI is InChI=1S/C22H26N4O2S/c1-3-24-22(25-13-15-8-10-16(11-9-15)21(28)23-2)26-14-18(27)20-12-17-6-4-5-7-19(17)29-20/h4-12,18,27H,3,13-14H2,1-2H3,(H,23,28)(H2,24,25,26). The molecule has 1 amide bonds. The summed E-state index contributed by atoms with van der Waals surface area (Å²) in [7, 11) is 1.61. The van der Waals surface area contributed by atoms with E-state index in [9.17, 15) is 9.90 Å². The molecule has 0 spiro atoms. The van der Waals surface area contributed by atoms with Gasteiger partial charge in [0.25, 0.3) is 5.91 Å². The first-order chi connectivity index (χ1) is 14.1. The van der Waals surface area contributed by atoms with Gasteiger partial charge in [-0.2, -0.15) is 0 Å². The van der Waals surface area contributed by atoms with Gasteiger partial charge in [-0.1, -0.05) is 30.3 Å². The Bertz CT molecular complexity index is 949. The maximum atomic E-state index is 11.6. The molecule has 0 aliphatic carbocycles. The van der Waals surface area contributed by atoms with Crippen LogP contribution < -0.4 is 16.0 Å². The highest BCUT2D eigenvalue weighted by atomic mass is 32.1. The lowest BCUT2D eigenvalue weighted by Gasteiger charge is -2.14. The van der Waals surface area contributed by atoms with Gasteiger partial charge in [-0.25, -0.2) is 4.99 Å². The van der Waals surface area contributed by atoms with Crippen molar-refractivity contribution >= 4 is 33.3 Å². The molecule has 1 aromatic heterocycles. The lowest BCUT2D eigenvalue weighted by molar-refractivity contribution is 0.0963. The van der Waals surface area contributed by atoms with Crippen LogP contribution in [0.4, 0.5) is 0 Å². The SMILES string of the molecule is CCNC(=NCc1ccc(C(=O)NC)cc1)NCC(O)c1cc2ccccc2s1. The number of carbonyl (C=O) groups is 1. The van der Waals surface area contributed by atoms with E-state index < -0.39 is 6.10 Å². The first-order valence-corrected chi connectivity index (χ1v) is 10.4. The first-order valence-electron chi connectivity index (χ1n) is 9.60. The molecule has 2 aromatic carbocycles. The van der Waals surface area contributed by atoms with Gasteiger partial charge >= 0.3 is 0 Å². The molecule has 7 heteroatoms.